The van der Waals surface area contributed by atoms with E-state index in [1.807, 2.05) is 0 Å². The number of carbonyl (C=O) groups is 1. The van der Waals surface area contributed by atoms with Crippen LogP contribution in [0.4, 0.5) is 26.3 Å². The van der Waals surface area contributed by atoms with Gasteiger partial charge in [-0.2, -0.15) is 26.3 Å². The maximum atomic E-state index is 14.3. The highest BCUT2D eigenvalue weighted by Gasteiger charge is 2.47. The van der Waals surface area contributed by atoms with Crippen molar-refractivity contribution in [2.45, 2.75) is 44.5 Å². The molecule has 1 fully saturated rings. The van der Waals surface area contributed by atoms with Gasteiger partial charge in [0.1, 0.15) is 5.75 Å². The van der Waals surface area contributed by atoms with Crippen LogP contribution >= 0.6 is 11.6 Å². The highest BCUT2D eigenvalue weighted by atomic mass is 35.5. The van der Waals surface area contributed by atoms with E-state index in [0.717, 1.165) is 6.07 Å². The van der Waals surface area contributed by atoms with Crippen LogP contribution in [0.1, 0.15) is 43.2 Å². The van der Waals surface area contributed by atoms with Crippen molar-refractivity contribution in [3.8, 4) is 16.9 Å². The number of alkyl halides is 6. The molecule has 3 rings (SSSR count). The molecule has 2 atom stereocenters. The van der Waals surface area contributed by atoms with E-state index in [2.05, 4.69) is 0 Å². The van der Waals surface area contributed by atoms with Crippen molar-refractivity contribution < 1.29 is 40.6 Å². The normalized spacial score (nSPS) is 18.2. The minimum absolute atomic E-state index is 0.0365. The zero-order valence-corrected chi connectivity index (χ0v) is 18.3. The Kier molecular flexibility index (Phi) is 7.51. The number of esters is 1. The second-order valence-electron chi connectivity index (χ2n) is 7.74. The molecule has 1 aliphatic carbocycles. The molecule has 0 saturated heterocycles. The molecule has 180 valence electrons. The van der Waals surface area contributed by atoms with Crippen LogP contribution in [-0.4, -0.2) is 25.4 Å². The zero-order chi connectivity index (χ0) is 24.4. The predicted octanol–water partition coefficient (Wildman–Crippen LogP) is 7.41. The van der Waals surface area contributed by atoms with Crippen LogP contribution in [-0.2, 0) is 15.7 Å². The average molecular weight is 495 g/mol. The van der Waals surface area contributed by atoms with Gasteiger partial charge in [0.15, 0.2) is 6.61 Å². The topological polar surface area (TPSA) is 35.5 Å². The molecule has 0 aliphatic heterocycles. The number of hydrogen-bond acceptors (Lipinski definition) is 3. The summed E-state index contributed by atoms with van der Waals surface area (Å²) in [6.45, 7) is 0.0817. The maximum absolute atomic E-state index is 14.3. The summed E-state index contributed by atoms with van der Waals surface area (Å²) in [5.74, 6) is -1.83. The van der Waals surface area contributed by atoms with Crippen molar-refractivity contribution >= 4 is 17.6 Å². The number of halogens is 7. The molecule has 0 bridgehead atoms. The van der Waals surface area contributed by atoms with Crippen LogP contribution in [0.5, 0.6) is 5.75 Å². The quantitative estimate of drug-likeness (QED) is 0.283. The van der Waals surface area contributed by atoms with Crippen molar-refractivity contribution in [1.29, 1.82) is 0 Å². The Hall–Kier alpha value is -2.42. The molecule has 3 nitrogen and oxygen atoms in total. The summed E-state index contributed by atoms with van der Waals surface area (Å²) >= 11 is 6.19. The zero-order valence-electron chi connectivity index (χ0n) is 17.5. The summed E-state index contributed by atoms with van der Waals surface area (Å²) in [6, 6.07) is 8.28. The van der Waals surface area contributed by atoms with Crippen molar-refractivity contribution in [3.63, 3.8) is 0 Å². The standard InChI is InChI=1S/C23H21ClF6O3/c1-2-32-18(31)9-8-14-10-15(14)16-11-17(24)21(33-12-22(25,26)27)19(20(16)23(28,29)30)13-6-4-3-5-7-13/h3-7,11,14-15H,2,8-10,12H2,1H3. The highest BCUT2D eigenvalue weighted by molar-refractivity contribution is 6.32. The number of carbonyl (C=O) groups excluding carboxylic acids is 1. The van der Waals surface area contributed by atoms with Gasteiger partial charge in [0, 0.05) is 12.0 Å². The molecule has 0 heterocycles. The number of hydrogen-bond donors (Lipinski definition) is 0. The summed E-state index contributed by atoms with van der Waals surface area (Å²) < 4.78 is 91.0. The van der Waals surface area contributed by atoms with Gasteiger partial charge in [-0.05, 0) is 48.8 Å². The Balaban J connectivity index is 2.07. The predicted molar refractivity (Wildman–Crippen MR) is 110 cm³/mol. The molecule has 0 amide bonds. The summed E-state index contributed by atoms with van der Waals surface area (Å²) in [5.41, 5.74) is -1.67. The second-order valence-corrected chi connectivity index (χ2v) is 8.15. The maximum Gasteiger partial charge on any atom is 0.422 e. The van der Waals surface area contributed by atoms with Crippen molar-refractivity contribution in [2.24, 2.45) is 5.92 Å². The van der Waals surface area contributed by atoms with Gasteiger partial charge in [0.25, 0.3) is 0 Å². The van der Waals surface area contributed by atoms with Crippen LogP contribution in [0.3, 0.4) is 0 Å². The smallest absolute Gasteiger partial charge is 0.422 e. The highest BCUT2D eigenvalue weighted by Crippen LogP contribution is 2.57. The molecule has 0 N–H and O–H groups in total. The lowest BCUT2D eigenvalue weighted by Gasteiger charge is -2.23. The minimum atomic E-state index is -4.88. The van der Waals surface area contributed by atoms with Gasteiger partial charge in [-0.3, -0.25) is 4.79 Å². The lowest BCUT2D eigenvalue weighted by atomic mass is 9.90. The first-order chi connectivity index (χ1) is 15.4. The average Bonchev–Trinajstić information content (AvgIpc) is 3.49. The van der Waals surface area contributed by atoms with Gasteiger partial charge in [-0.15, -0.1) is 0 Å². The minimum Gasteiger partial charge on any atom is -0.482 e. The molecular weight excluding hydrogens is 474 g/mol. The number of ether oxygens (including phenoxy) is 2. The van der Waals surface area contributed by atoms with Crippen LogP contribution in [0.25, 0.3) is 11.1 Å². The van der Waals surface area contributed by atoms with Crippen LogP contribution in [0, 0.1) is 5.92 Å². The fourth-order valence-corrected chi connectivity index (χ4v) is 4.18. The third-order valence-corrected chi connectivity index (χ3v) is 5.62. The Bertz CT molecular complexity index is 988. The molecule has 1 aliphatic rings. The van der Waals surface area contributed by atoms with Crippen LogP contribution in [0.2, 0.25) is 5.02 Å². The molecule has 1 saturated carbocycles. The number of benzene rings is 2. The van der Waals surface area contributed by atoms with Crippen molar-refractivity contribution in [3.05, 3.63) is 52.5 Å². The van der Waals surface area contributed by atoms with E-state index in [1.54, 1.807) is 13.0 Å². The molecule has 2 unspecified atom stereocenters. The van der Waals surface area contributed by atoms with Gasteiger partial charge in [0.05, 0.1) is 17.2 Å². The molecular formula is C23H21ClF6O3. The summed E-state index contributed by atoms with van der Waals surface area (Å²) in [5, 5.41) is -0.336. The first-order valence-electron chi connectivity index (χ1n) is 10.3. The fourth-order valence-electron chi connectivity index (χ4n) is 3.91. The molecule has 2 aromatic carbocycles. The van der Waals surface area contributed by atoms with Gasteiger partial charge in [-0.1, -0.05) is 41.9 Å². The first kappa shape index (κ1) is 25.2. The van der Waals surface area contributed by atoms with Crippen molar-refractivity contribution in [2.75, 3.05) is 13.2 Å². The molecule has 33 heavy (non-hydrogen) atoms. The second kappa shape index (κ2) is 9.83. The monoisotopic (exact) mass is 494 g/mol. The third-order valence-electron chi connectivity index (χ3n) is 5.34. The molecule has 2 aromatic rings. The molecule has 0 radical (unpaired) electrons. The Labute approximate surface area is 191 Å². The van der Waals surface area contributed by atoms with Crippen LogP contribution in [0.15, 0.2) is 36.4 Å². The summed E-state index contributed by atoms with van der Waals surface area (Å²) in [6.07, 6.45) is -8.83. The Morgan fingerprint density at radius 2 is 1.79 bits per heavy atom. The van der Waals surface area contributed by atoms with E-state index >= 15 is 0 Å². The lowest BCUT2D eigenvalue weighted by molar-refractivity contribution is -0.153. The van der Waals surface area contributed by atoms with E-state index in [1.165, 1.54) is 24.3 Å². The van der Waals surface area contributed by atoms with E-state index in [9.17, 15) is 31.1 Å². The molecule has 0 aromatic heterocycles. The van der Waals surface area contributed by atoms with Gasteiger partial charge in [0.2, 0.25) is 0 Å². The Morgan fingerprint density at radius 1 is 1.12 bits per heavy atom. The van der Waals surface area contributed by atoms with E-state index in [4.69, 9.17) is 21.1 Å². The van der Waals surface area contributed by atoms with Crippen molar-refractivity contribution in [1.82, 2.24) is 0 Å². The summed E-state index contributed by atoms with van der Waals surface area (Å²) in [7, 11) is 0. The molecule has 0 spiro atoms. The lowest BCUT2D eigenvalue weighted by Crippen LogP contribution is -2.21. The molecule has 10 heteroatoms. The van der Waals surface area contributed by atoms with E-state index in [-0.39, 0.29) is 35.1 Å². The largest absolute Gasteiger partial charge is 0.482 e. The van der Waals surface area contributed by atoms with Crippen LogP contribution < -0.4 is 4.74 Å². The third kappa shape index (κ3) is 6.34. The van der Waals surface area contributed by atoms with Gasteiger partial charge in [-0.25, -0.2) is 0 Å². The SMILES string of the molecule is CCOC(=O)CCC1CC1c1cc(Cl)c(OCC(F)(F)F)c(-c2ccccc2)c1C(F)(F)F. The fraction of sp³-hybridized carbons (Fsp3) is 0.435. The Morgan fingerprint density at radius 3 is 2.36 bits per heavy atom. The van der Waals surface area contributed by atoms with E-state index in [0.29, 0.717) is 12.8 Å². The number of rotatable bonds is 8. The first-order valence-corrected chi connectivity index (χ1v) is 10.6. The van der Waals surface area contributed by atoms with Gasteiger partial charge >= 0.3 is 18.3 Å². The van der Waals surface area contributed by atoms with E-state index < -0.39 is 47.7 Å². The van der Waals surface area contributed by atoms with Gasteiger partial charge < -0.3 is 9.47 Å². The summed E-state index contributed by atoms with van der Waals surface area (Å²) in [4.78, 5) is 11.6.